The van der Waals surface area contributed by atoms with Gasteiger partial charge in [-0.05, 0) is 54.3 Å². The van der Waals surface area contributed by atoms with Crippen LogP contribution in [0.4, 0.5) is 0 Å². The second-order valence-electron chi connectivity index (χ2n) is 14.3. The van der Waals surface area contributed by atoms with Crippen LogP contribution >= 0.6 is 0 Å². The maximum Gasteiger partial charge on any atom is 0.182 e. The SMILES string of the molecule is C=CN=C(C=C)C(=C)N=C(N=CC)c1ccc(C(c2ccccc2)(c2ccccc2)c2ccc(-c3nc(-c4ccccc4)nc(-c4ccccn4)n3)cc2)cc1.Cc1ccccc1. The largest absolute Gasteiger partial charge is 0.255 e. The van der Waals surface area contributed by atoms with Gasteiger partial charge in [-0.3, -0.25) is 9.98 Å². The first-order chi connectivity index (χ1) is 30.9. The van der Waals surface area contributed by atoms with Crippen LogP contribution in [0.2, 0.25) is 0 Å². The number of aryl methyl sites for hydroxylation is 1. The van der Waals surface area contributed by atoms with Crippen LogP contribution in [-0.2, 0) is 5.41 Å². The number of aliphatic imine (C=N–C) groups is 3. The molecule has 0 amide bonds. The van der Waals surface area contributed by atoms with Gasteiger partial charge in [-0.15, -0.1) is 0 Å². The van der Waals surface area contributed by atoms with E-state index in [9.17, 15) is 0 Å². The molecule has 0 saturated heterocycles. The van der Waals surface area contributed by atoms with Gasteiger partial charge in [0, 0.05) is 35.3 Å². The molecule has 0 aliphatic rings. The van der Waals surface area contributed by atoms with E-state index in [0.717, 1.165) is 38.9 Å². The van der Waals surface area contributed by atoms with Crippen molar-refractivity contribution in [2.24, 2.45) is 15.0 Å². The van der Waals surface area contributed by atoms with Gasteiger partial charge in [-0.25, -0.2) is 24.9 Å². The fourth-order valence-electron chi connectivity index (χ4n) is 7.30. The molecule has 0 aliphatic heterocycles. The fourth-order valence-corrected chi connectivity index (χ4v) is 7.30. The van der Waals surface area contributed by atoms with Crippen molar-refractivity contribution in [2.75, 3.05) is 0 Å². The third kappa shape index (κ3) is 10.0. The average Bonchev–Trinajstić information content (AvgIpc) is 3.35. The molecule has 306 valence electrons. The highest BCUT2D eigenvalue weighted by atomic mass is 15.0. The number of hydrogen-bond acceptors (Lipinski definition) is 6. The number of allylic oxidation sites excluding steroid dienone is 1. The molecular formula is C56H47N7. The number of hydrogen-bond donors (Lipinski definition) is 0. The molecule has 0 spiro atoms. The summed E-state index contributed by atoms with van der Waals surface area (Å²) >= 11 is 0. The second-order valence-corrected chi connectivity index (χ2v) is 14.3. The van der Waals surface area contributed by atoms with E-state index < -0.39 is 5.41 Å². The molecule has 7 heteroatoms. The summed E-state index contributed by atoms with van der Waals surface area (Å²) in [5.41, 5.74) is 9.20. The monoisotopic (exact) mass is 817 g/mol. The summed E-state index contributed by atoms with van der Waals surface area (Å²) in [4.78, 5) is 32.8. The van der Waals surface area contributed by atoms with Gasteiger partial charge in [0.25, 0.3) is 0 Å². The maximum absolute atomic E-state index is 4.96. The van der Waals surface area contributed by atoms with Crippen molar-refractivity contribution in [3.63, 3.8) is 0 Å². The Morgan fingerprint density at radius 1 is 0.540 bits per heavy atom. The molecule has 0 fully saturated rings. The molecule has 0 saturated carbocycles. The number of rotatable bonds is 12. The molecule has 2 heterocycles. The van der Waals surface area contributed by atoms with E-state index in [1.54, 1.807) is 18.5 Å². The zero-order valence-corrected chi connectivity index (χ0v) is 35.5. The first-order valence-electron chi connectivity index (χ1n) is 20.6. The summed E-state index contributed by atoms with van der Waals surface area (Å²) in [6, 6.07) is 64.0. The molecule has 6 aromatic carbocycles. The summed E-state index contributed by atoms with van der Waals surface area (Å²) in [5.74, 6) is 2.16. The van der Waals surface area contributed by atoms with E-state index in [1.807, 2.05) is 85.8 Å². The first kappa shape index (κ1) is 42.8. The lowest BCUT2D eigenvalue weighted by molar-refractivity contribution is 0.745. The van der Waals surface area contributed by atoms with Crippen LogP contribution in [0.3, 0.4) is 0 Å². The predicted octanol–water partition coefficient (Wildman–Crippen LogP) is 12.8. The Morgan fingerprint density at radius 3 is 1.49 bits per heavy atom. The van der Waals surface area contributed by atoms with Gasteiger partial charge in [0.2, 0.25) is 0 Å². The van der Waals surface area contributed by atoms with Gasteiger partial charge in [-0.1, -0.05) is 201 Å². The summed E-state index contributed by atoms with van der Waals surface area (Å²) < 4.78 is 0. The van der Waals surface area contributed by atoms with Crippen molar-refractivity contribution in [3.8, 4) is 34.3 Å². The standard InChI is InChI=1S/C49H39N7.C7H8/c1-5-43(50-6-2)35(4)53-45(51-7-3)37-26-30-41(31-27-37)49(39-21-13-9-14-22-39,40-23-15-10-16-24-40)42-32-28-38(29-33-42)47-54-46(36-19-11-8-12-20-36)55-48(56-47)44-25-17-18-34-52-44;1-7-5-3-2-4-6-7/h5-34H,1-2,4H2,3H3;2-6H,1H3. The Labute approximate surface area is 370 Å². The van der Waals surface area contributed by atoms with Crippen molar-refractivity contribution in [1.82, 2.24) is 19.9 Å². The molecule has 0 atom stereocenters. The molecule has 2 aromatic heterocycles. The van der Waals surface area contributed by atoms with E-state index in [4.69, 9.17) is 19.9 Å². The smallest absolute Gasteiger partial charge is 0.182 e. The third-order valence-corrected chi connectivity index (χ3v) is 10.3. The fraction of sp³-hybridized carbons (Fsp3) is 0.0536. The third-order valence-electron chi connectivity index (χ3n) is 10.3. The molecule has 0 radical (unpaired) electrons. The second kappa shape index (κ2) is 20.8. The summed E-state index contributed by atoms with van der Waals surface area (Å²) in [7, 11) is 0. The molecule has 8 rings (SSSR count). The number of aromatic nitrogens is 4. The van der Waals surface area contributed by atoms with Crippen LogP contribution in [-0.4, -0.2) is 37.7 Å². The van der Waals surface area contributed by atoms with Crippen molar-refractivity contribution in [1.29, 1.82) is 0 Å². The summed E-state index contributed by atoms with van der Waals surface area (Å²) in [5, 5.41) is 0. The van der Waals surface area contributed by atoms with Crippen LogP contribution in [0, 0.1) is 6.92 Å². The Morgan fingerprint density at radius 2 is 1.02 bits per heavy atom. The van der Waals surface area contributed by atoms with E-state index in [0.29, 0.717) is 40.4 Å². The molecule has 0 aliphatic carbocycles. The van der Waals surface area contributed by atoms with Crippen LogP contribution in [0.15, 0.2) is 247 Å². The van der Waals surface area contributed by atoms with Crippen LogP contribution in [0.25, 0.3) is 34.3 Å². The van der Waals surface area contributed by atoms with E-state index in [2.05, 4.69) is 151 Å². The lowest BCUT2D eigenvalue weighted by atomic mass is 9.65. The molecule has 7 nitrogen and oxygen atoms in total. The lowest BCUT2D eigenvalue weighted by Gasteiger charge is -2.37. The number of benzene rings is 6. The summed E-state index contributed by atoms with van der Waals surface area (Å²) in [6.45, 7) is 15.6. The maximum atomic E-state index is 4.96. The minimum Gasteiger partial charge on any atom is -0.255 e. The molecule has 0 N–H and O–H groups in total. The molecule has 63 heavy (non-hydrogen) atoms. The highest BCUT2D eigenvalue weighted by molar-refractivity contribution is 6.11. The quantitative estimate of drug-likeness (QED) is 0.0698. The van der Waals surface area contributed by atoms with E-state index in [-0.39, 0.29) is 0 Å². The molecule has 0 bridgehead atoms. The van der Waals surface area contributed by atoms with Crippen molar-refractivity contribution < 1.29 is 0 Å². The highest BCUT2D eigenvalue weighted by Gasteiger charge is 2.38. The Balaban J connectivity index is 0.000000775. The van der Waals surface area contributed by atoms with E-state index in [1.165, 1.54) is 11.8 Å². The molecule has 0 unspecified atom stereocenters. The zero-order chi connectivity index (χ0) is 43.9. The zero-order valence-electron chi connectivity index (χ0n) is 35.5. The molecule has 8 aromatic rings. The minimum atomic E-state index is -0.700. The van der Waals surface area contributed by atoms with Gasteiger partial charge in [0.05, 0.1) is 16.8 Å². The lowest BCUT2D eigenvalue weighted by Crippen LogP contribution is -2.31. The number of pyridine rings is 1. The first-order valence-corrected chi connectivity index (χ1v) is 20.6. The number of amidine groups is 1. The topological polar surface area (TPSA) is 88.6 Å². The van der Waals surface area contributed by atoms with Gasteiger partial charge >= 0.3 is 0 Å². The van der Waals surface area contributed by atoms with Gasteiger partial charge in [-0.2, -0.15) is 0 Å². The van der Waals surface area contributed by atoms with Crippen molar-refractivity contribution in [2.45, 2.75) is 19.3 Å². The molecular weight excluding hydrogens is 771 g/mol. The Hall–Kier alpha value is -8.29. The normalized spacial score (nSPS) is 11.7. The van der Waals surface area contributed by atoms with Crippen LogP contribution in [0.1, 0.15) is 40.3 Å². The van der Waals surface area contributed by atoms with Crippen LogP contribution in [0.5, 0.6) is 0 Å². The van der Waals surface area contributed by atoms with Gasteiger partial charge < -0.3 is 0 Å². The minimum absolute atomic E-state index is 0.439. The Kier molecular flexibility index (Phi) is 14.1. The average molecular weight is 818 g/mol. The van der Waals surface area contributed by atoms with Crippen molar-refractivity contribution in [3.05, 3.63) is 265 Å². The van der Waals surface area contributed by atoms with Crippen LogP contribution < -0.4 is 0 Å². The van der Waals surface area contributed by atoms with Gasteiger partial charge in [0.15, 0.2) is 23.3 Å². The Bertz CT molecular complexity index is 2760. The summed E-state index contributed by atoms with van der Waals surface area (Å²) in [6.07, 6.45) is 6.51. The number of nitrogens with zero attached hydrogens (tertiary/aromatic N) is 7. The van der Waals surface area contributed by atoms with Crippen molar-refractivity contribution >= 4 is 17.8 Å². The van der Waals surface area contributed by atoms with Gasteiger partial charge in [0.1, 0.15) is 5.69 Å². The highest BCUT2D eigenvalue weighted by Crippen LogP contribution is 2.45. The van der Waals surface area contributed by atoms with E-state index >= 15 is 0 Å². The predicted molar refractivity (Wildman–Crippen MR) is 261 cm³/mol.